The second-order valence-corrected chi connectivity index (χ2v) is 33.1. The number of rotatable bonds is 4. The van der Waals surface area contributed by atoms with Crippen molar-refractivity contribution in [2.75, 3.05) is 0 Å². The van der Waals surface area contributed by atoms with E-state index in [1.165, 1.54) is 234 Å². The van der Waals surface area contributed by atoms with Gasteiger partial charge in [0.25, 0.3) is 0 Å². The SMILES string of the molecule is CC1=C2C(=C(C)C(C)C1C)C1(c3c(C)c(C(=O)c4[c-]c(C)c(C)c(C)c4C)[c-]c(C)c32)c2c(C)c(C)c(C)c(C)c2-c2c(C)c(C)c(C)c(C)c21.Cc1[c-]c(C(=O)c2[c-]c(C)c3c(c2C)-c2c(C)c(C)c(C)c(C)c2C32c3c(C)c(C)c(C)c(C)c3-c3c(C)c(C)c(C)c(C)c32)c(C)c(C)c1C.[Y].[Y]. The van der Waals surface area contributed by atoms with E-state index in [-0.39, 0.29) is 77.0 Å². The molecule has 4 heteroatoms. The van der Waals surface area contributed by atoms with Gasteiger partial charge in [-0.2, -0.15) is 0 Å². The summed E-state index contributed by atoms with van der Waals surface area (Å²) in [5.74, 6) is 0.857. The van der Waals surface area contributed by atoms with Crippen molar-refractivity contribution in [1.82, 2.24) is 0 Å². The number of ketones is 2. The summed E-state index contributed by atoms with van der Waals surface area (Å²) in [5.41, 5.74) is 67.2. The summed E-state index contributed by atoms with van der Waals surface area (Å²) in [6.07, 6.45) is 0. The van der Waals surface area contributed by atoms with Crippen LogP contribution in [0.25, 0.3) is 39.0 Å². The minimum atomic E-state index is -0.549. The fourth-order valence-corrected chi connectivity index (χ4v) is 21.0. The van der Waals surface area contributed by atoms with Gasteiger partial charge in [-0.05, 0) is 337 Å². The van der Waals surface area contributed by atoms with E-state index in [1.807, 2.05) is 0 Å². The van der Waals surface area contributed by atoms with Crippen molar-refractivity contribution >= 4 is 17.1 Å². The zero-order chi connectivity index (χ0) is 75.3. The molecule has 0 amide bonds. The Labute approximate surface area is 676 Å². The smallest absolute Gasteiger partial charge is 0.0900 e. The predicted octanol–water partition coefficient (Wildman–Crippen LogP) is 24.9. The number of carbonyl (C=O) groups is 2. The van der Waals surface area contributed by atoms with Gasteiger partial charge in [0, 0.05) is 70.8 Å². The molecule has 5 aliphatic carbocycles. The van der Waals surface area contributed by atoms with E-state index in [2.05, 4.69) is 274 Å². The van der Waals surface area contributed by atoms with Gasteiger partial charge < -0.3 is 9.59 Å². The van der Waals surface area contributed by atoms with Crippen LogP contribution < -0.4 is 0 Å². The number of allylic oxidation sites excluding steroid dienone is 4. The van der Waals surface area contributed by atoms with Gasteiger partial charge in [0.15, 0.2) is 0 Å². The minimum absolute atomic E-state index is 0. The van der Waals surface area contributed by atoms with E-state index >= 15 is 4.79 Å². The third-order valence-corrected chi connectivity index (χ3v) is 29.6. The molecule has 0 saturated carbocycles. The van der Waals surface area contributed by atoms with Crippen molar-refractivity contribution in [2.24, 2.45) is 11.8 Å². The fourth-order valence-electron chi connectivity index (χ4n) is 21.0. The van der Waals surface area contributed by atoms with Gasteiger partial charge in [-0.1, -0.05) is 130 Å². The van der Waals surface area contributed by atoms with Gasteiger partial charge >= 0.3 is 0 Å². The maximum absolute atomic E-state index is 15.1. The van der Waals surface area contributed by atoms with Crippen LogP contribution >= 0.6 is 0 Å². The summed E-state index contributed by atoms with van der Waals surface area (Å²) >= 11 is 0. The zero-order valence-corrected chi connectivity index (χ0v) is 75.8. The quantitative estimate of drug-likeness (QED) is 0.130. The molecule has 0 heterocycles. The summed E-state index contributed by atoms with van der Waals surface area (Å²) in [4.78, 5) is 29.9. The van der Waals surface area contributed by atoms with Crippen LogP contribution in [0.15, 0.2) is 16.7 Å². The molecule has 0 N–H and O–H groups in total. The van der Waals surface area contributed by atoms with Gasteiger partial charge in [0.1, 0.15) is 0 Å². The second kappa shape index (κ2) is 26.4. The van der Waals surface area contributed by atoms with Gasteiger partial charge in [0.05, 0.1) is 17.0 Å². The average Bonchev–Trinajstić information content (AvgIpc) is 1.48. The Morgan fingerprint density at radius 2 is 0.452 bits per heavy atom. The molecule has 14 rings (SSSR count). The number of aryl methyl sites for hydroxylation is 4. The van der Waals surface area contributed by atoms with Gasteiger partial charge in [-0.15, -0.1) is 119 Å². The molecule has 2 nitrogen and oxygen atoms in total. The van der Waals surface area contributed by atoms with E-state index in [0.717, 1.165) is 44.5 Å². The Balaban J connectivity index is 0.000000204. The summed E-state index contributed by atoms with van der Waals surface area (Å²) < 4.78 is 0. The third-order valence-electron chi connectivity index (χ3n) is 29.6. The molecule has 0 fully saturated rings. The molecule has 2 unspecified atom stereocenters. The van der Waals surface area contributed by atoms with Crippen molar-refractivity contribution in [1.29, 1.82) is 0 Å². The maximum Gasteiger partial charge on any atom is 0.0900 e. The molecule has 0 bridgehead atoms. The Kier molecular flexibility index (Phi) is 20.1. The van der Waals surface area contributed by atoms with E-state index in [0.29, 0.717) is 34.1 Å². The molecule has 2 spiro atoms. The molecule has 0 saturated heterocycles. The average molecular weight is 1520 g/mol. The molecular weight excluding hydrogens is 1410 g/mol. The summed E-state index contributed by atoms with van der Waals surface area (Å²) in [7, 11) is 0. The van der Waals surface area contributed by atoms with Crippen LogP contribution in [0, 0.1) is 258 Å². The van der Waals surface area contributed by atoms with Crippen LogP contribution in [0.2, 0.25) is 0 Å². The standard InChI is InChI=1S/C50H54O.C50H56O.2Y/c1-21-19-39(31(11)24(4)23(21)3)49(51)40-20-22(2)45-44(38(40)18)43-34(14)27(7)30(10)37(17)48(43)50(45)46-35(15)28(8)25(5)32(12)41(46)42-33(13)26(6)29(9)36(16)47(42)50;1-21-19-39(31(11)24(4)23(21)3)49(51)40-20-22(2)41-42-32(12)25(5)28(8)35(15)45(42)50(48(41)38(40)18)46-36(16)29(9)26(6)33(13)43(46)44-34(14)27(7)30(10)37(17)47(44)50;;/h1-18H3;25,28H,1-18H3;;/q2*-2;;. The molecule has 9 aromatic carbocycles. The van der Waals surface area contributed by atoms with Gasteiger partial charge in [-0.3, -0.25) is 0 Å². The molecule has 0 aromatic heterocycles. The second-order valence-electron chi connectivity index (χ2n) is 33.1. The summed E-state index contributed by atoms with van der Waals surface area (Å²) in [5, 5.41) is 0. The minimum Gasteiger partial charge on any atom is -0.348 e. The Morgan fingerprint density at radius 3 is 0.779 bits per heavy atom. The van der Waals surface area contributed by atoms with Crippen molar-refractivity contribution < 1.29 is 75.0 Å². The van der Waals surface area contributed by atoms with E-state index in [4.69, 9.17) is 0 Å². The van der Waals surface area contributed by atoms with Crippen molar-refractivity contribution in [3.8, 4) is 33.4 Å². The molecular formula is C100H110O2Y2-4. The van der Waals surface area contributed by atoms with E-state index < -0.39 is 10.8 Å². The van der Waals surface area contributed by atoms with Crippen LogP contribution in [0.4, 0.5) is 0 Å². The summed E-state index contributed by atoms with van der Waals surface area (Å²) in [6, 6.07) is 14.6. The van der Waals surface area contributed by atoms with Crippen LogP contribution in [0.1, 0.15) is 282 Å². The molecule has 5 aliphatic rings. The number of hydrogen-bond acceptors (Lipinski definition) is 2. The van der Waals surface area contributed by atoms with Crippen LogP contribution in [-0.4, -0.2) is 11.6 Å². The van der Waals surface area contributed by atoms with Crippen molar-refractivity contribution in [3.63, 3.8) is 0 Å². The predicted molar refractivity (Wildman–Crippen MR) is 431 cm³/mol. The van der Waals surface area contributed by atoms with Crippen molar-refractivity contribution in [2.45, 2.75) is 260 Å². The first-order valence-corrected chi connectivity index (χ1v) is 37.7. The molecule has 2 atom stereocenters. The van der Waals surface area contributed by atoms with Crippen molar-refractivity contribution in [3.05, 3.63) is 286 Å². The monoisotopic (exact) mass is 1520 g/mol. The molecule has 2 radical (unpaired) electrons. The van der Waals surface area contributed by atoms with Crippen LogP contribution in [0.5, 0.6) is 0 Å². The largest absolute Gasteiger partial charge is 0.348 e. The van der Waals surface area contributed by atoms with Crippen LogP contribution in [-0.2, 0) is 76.2 Å². The number of carbonyl (C=O) groups excluding carboxylic acids is 2. The van der Waals surface area contributed by atoms with Gasteiger partial charge in [-0.25, -0.2) is 0 Å². The first kappa shape index (κ1) is 79.1. The Bertz CT molecular complexity index is 5450. The Morgan fingerprint density at radius 1 is 0.221 bits per heavy atom. The first-order valence-electron chi connectivity index (χ1n) is 37.7. The molecule has 104 heavy (non-hydrogen) atoms. The zero-order valence-electron chi connectivity index (χ0n) is 70.1. The number of hydrogen-bond donors (Lipinski definition) is 0. The maximum atomic E-state index is 15.1. The fraction of sp³-hybridized carbons (Fsp3) is 0.400. The van der Waals surface area contributed by atoms with E-state index in [1.54, 1.807) is 0 Å². The Hall–Kier alpha value is -5.99. The first-order chi connectivity index (χ1) is 47.5. The molecule has 532 valence electrons. The molecule has 0 aliphatic heterocycles. The summed E-state index contributed by atoms with van der Waals surface area (Å²) in [6.45, 7) is 81.9. The normalized spacial score (nSPS) is 15.7. The molecule has 9 aromatic rings. The third kappa shape index (κ3) is 9.76. The topological polar surface area (TPSA) is 34.1 Å². The van der Waals surface area contributed by atoms with E-state index in [9.17, 15) is 4.79 Å². The number of fused-ring (bicyclic) bond motifs is 20. The number of benzene rings is 9. The van der Waals surface area contributed by atoms with Crippen LogP contribution in [0.3, 0.4) is 0 Å². The van der Waals surface area contributed by atoms with Gasteiger partial charge in [0.2, 0.25) is 0 Å².